The number of benzene rings is 1. The van der Waals surface area contributed by atoms with E-state index in [-0.39, 0.29) is 12.1 Å². The van der Waals surface area contributed by atoms with Gasteiger partial charge >= 0.3 is 5.97 Å². The van der Waals surface area contributed by atoms with E-state index in [9.17, 15) is 4.79 Å². The summed E-state index contributed by atoms with van der Waals surface area (Å²) in [6.07, 6.45) is -0.0922. The minimum atomic E-state index is -0.284. The van der Waals surface area contributed by atoms with Crippen molar-refractivity contribution in [2.24, 2.45) is 0 Å². The molecule has 0 saturated heterocycles. The fourth-order valence-corrected chi connectivity index (χ4v) is 1.31. The highest BCUT2D eigenvalue weighted by molar-refractivity contribution is 7.80. The number of rotatable bonds is 2. The summed E-state index contributed by atoms with van der Waals surface area (Å²) in [6.45, 7) is 5.54. The van der Waals surface area contributed by atoms with Crippen molar-refractivity contribution in [2.45, 2.75) is 31.8 Å². The lowest BCUT2D eigenvalue weighted by Crippen LogP contribution is -2.12. The summed E-state index contributed by atoms with van der Waals surface area (Å²) in [5.74, 6) is -0.284. The molecule has 1 aromatic rings. The molecule has 0 amide bonds. The number of aryl methyl sites for hydroxylation is 1. The zero-order chi connectivity index (χ0) is 10.7. The number of carbonyl (C=O) groups is 1. The molecule has 0 aliphatic heterocycles. The molecule has 3 heteroatoms. The van der Waals surface area contributed by atoms with Crippen molar-refractivity contribution in [1.82, 2.24) is 0 Å². The van der Waals surface area contributed by atoms with Gasteiger partial charge in [-0.1, -0.05) is 6.07 Å². The van der Waals surface area contributed by atoms with Crippen LogP contribution in [0.5, 0.6) is 0 Å². The number of hydrogen-bond donors (Lipinski definition) is 1. The van der Waals surface area contributed by atoms with Crippen LogP contribution in [0.1, 0.15) is 29.8 Å². The van der Waals surface area contributed by atoms with Crippen molar-refractivity contribution in [1.29, 1.82) is 0 Å². The van der Waals surface area contributed by atoms with Crippen LogP contribution < -0.4 is 0 Å². The predicted molar refractivity (Wildman–Crippen MR) is 59.0 cm³/mol. The predicted octanol–water partition coefficient (Wildman–Crippen LogP) is 2.85. The second kappa shape index (κ2) is 4.51. The summed E-state index contributed by atoms with van der Waals surface area (Å²) in [6, 6.07) is 5.44. The van der Waals surface area contributed by atoms with Crippen LogP contribution in [-0.2, 0) is 4.74 Å². The topological polar surface area (TPSA) is 26.3 Å². The summed E-state index contributed by atoms with van der Waals surface area (Å²) in [7, 11) is 0. The Hall–Kier alpha value is -0.960. The molecule has 0 N–H and O–H groups in total. The van der Waals surface area contributed by atoms with E-state index in [0.717, 1.165) is 10.5 Å². The molecular formula is C11H14O2S. The fourth-order valence-electron chi connectivity index (χ4n) is 1.11. The van der Waals surface area contributed by atoms with Crippen molar-refractivity contribution < 1.29 is 9.53 Å². The minimum Gasteiger partial charge on any atom is -0.459 e. The molecule has 0 unspecified atom stereocenters. The molecule has 0 bridgehead atoms. The van der Waals surface area contributed by atoms with E-state index in [1.165, 1.54) is 0 Å². The van der Waals surface area contributed by atoms with Crippen LogP contribution in [0.15, 0.2) is 23.1 Å². The Balaban J connectivity index is 2.94. The van der Waals surface area contributed by atoms with Crippen molar-refractivity contribution in [3.05, 3.63) is 29.3 Å². The minimum absolute atomic E-state index is 0.0922. The fraction of sp³-hybridized carbons (Fsp3) is 0.364. The largest absolute Gasteiger partial charge is 0.459 e. The van der Waals surface area contributed by atoms with Gasteiger partial charge in [-0.25, -0.2) is 4.79 Å². The summed E-state index contributed by atoms with van der Waals surface area (Å²) in [4.78, 5) is 12.3. The Morgan fingerprint density at radius 1 is 1.43 bits per heavy atom. The SMILES string of the molecule is Cc1ccc(S)cc1C(=O)OC(C)C. The van der Waals surface area contributed by atoms with Crippen molar-refractivity contribution in [3.8, 4) is 0 Å². The Bertz CT molecular complexity index is 345. The third-order valence-corrected chi connectivity index (χ3v) is 2.06. The Labute approximate surface area is 89.7 Å². The van der Waals surface area contributed by atoms with Gasteiger partial charge in [0, 0.05) is 4.90 Å². The Kier molecular flexibility index (Phi) is 3.58. The van der Waals surface area contributed by atoms with E-state index in [4.69, 9.17) is 4.74 Å². The van der Waals surface area contributed by atoms with Crippen LogP contribution in [0, 0.1) is 6.92 Å². The van der Waals surface area contributed by atoms with Gasteiger partial charge in [0.25, 0.3) is 0 Å². The van der Waals surface area contributed by atoms with Crippen LogP contribution >= 0.6 is 12.6 Å². The standard InChI is InChI=1S/C11H14O2S/c1-7(2)13-11(12)10-6-9(14)5-4-8(10)3/h4-7,14H,1-3H3. The van der Waals surface area contributed by atoms with E-state index >= 15 is 0 Å². The summed E-state index contributed by atoms with van der Waals surface area (Å²) in [5.41, 5.74) is 1.50. The maximum atomic E-state index is 11.6. The number of hydrogen-bond acceptors (Lipinski definition) is 3. The highest BCUT2D eigenvalue weighted by atomic mass is 32.1. The van der Waals surface area contributed by atoms with E-state index in [1.54, 1.807) is 6.07 Å². The molecule has 0 saturated carbocycles. The van der Waals surface area contributed by atoms with Gasteiger partial charge in [-0.05, 0) is 38.5 Å². The summed E-state index contributed by atoms with van der Waals surface area (Å²) >= 11 is 4.18. The molecule has 0 aliphatic rings. The van der Waals surface area contributed by atoms with Crippen molar-refractivity contribution in [3.63, 3.8) is 0 Å². The van der Waals surface area contributed by atoms with Crippen LogP contribution in [0.3, 0.4) is 0 Å². The maximum absolute atomic E-state index is 11.6. The maximum Gasteiger partial charge on any atom is 0.338 e. The molecule has 0 aromatic heterocycles. The molecule has 0 aliphatic carbocycles. The molecular weight excluding hydrogens is 196 g/mol. The molecule has 1 aromatic carbocycles. The smallest absolute Gasteiger partial charge is 0.338 e. The summed E-state index contributed by atoms with van der Waals surface area (Å²) < 4.78 is 5.10. The van der Waals surface area contributed by atoms with E-state index < -0.39 is 0 Å². The average Bonchev–Trinajstić information content (AvgIpc) is 2.08. The van der Waals surface area contributed by atoms with Crippen LogP contribution in [0.25, 0.3) is 0 Å². The van der Waals surface area contributed by atoms with Gasteiger partial charge in [0.15, 0.2) is 0 Å². The normalized spacial score (nSPS) is 10.4. The number of thiol groups is 1. The molecule has 0 spiro atoms. The van der Waals surface area contributed by atoms with Crippen molar-refractivity contribution >= 4 is 18.6 Å². The lowest BCUT2D eigenvalue weighted by molar-refractivity contribution is 0.0377. The number of carbonyl (C=O) groups excluding carboxylic acids is 1. The molecule has 0 atom stereocenters. The van der Waals surface area contributed by atoms with Gasteiger partial charge < -0.3 is 4.74 Å². The van der Waals surface area contributed by atoms with Gasteiger partial charge in [-0.2, -0.15) is 0 Å². The monoisotopic (exact) mass is 210 g/mol. The second-order valence-electron chi connectivity index (χ2n) is 3.45. The molecule has 14 heavy (non-hydrogen) atoms. The van der Waals surface area contributed by atoms with Gasteiger partial charge in [-0.15, -0.1) is 12.6 Å². The Morgan fingerprint density at radius 3 is 2.64 bits per heavy atom. The molecule has 0 radical (unpaired) electrons. The first-order valence-electron chi connectivity index (χ1n) is 4.51. The second-order valence-corrected chi connectivity index (χ2v) is 3.97. The number of ether oxygens (including phenoxy) is 1. The average molecular weight is 210 g/mol. The van der Waals surface area contributed by atoms with E-state index in [2.05, 4.69) is 12.6 Å². The van der Waals surface area contributed by atoms with E-state index in [1.807, 2.05) is 32.9 Å². The third-order valence-electron chi connectivity index (χ3n) is 1.78. The summed E-state index contributed by atoms with van der Waals surface area (Å²) in [5, 5.41) is 0. The van der Waals surface area contributed by atoms with Gasteiger partial charge in [0.05, 0.1) is 11.7 Å². The molecule has 1 rings (SSSR count). The molecule has 76 valence electrons. The highest BCUT2D eigenvalue weighted by Gasteiger charge is 2.11. The first-order valence-corrected chi connectivity index (χ1v) is 4.96. The van der Waals surface area contributed by atoms with Crippen LogP contribution in [-0.4, -0.2) is 12.1 Å². The van der Waals surface area contributed by atoms with Crippen LogP contribution in [0.2, 0.25) is 0 Å². The number of esters is 1. The highest BCUT2D eigenvalue weighted by Crippen LogP contribution is 2.15. The van der Waals surface area contributed by atoms with Crippen LogP contribution in [0.4, 0.5) is 0 Å². The lowest BCUT2D eigenvalue weighted by Gasteiger charge is -2.09. The van der Waals surface area contributed by atoms with E-state index in [0.29, 0.717) is 5.56 Å². The zero-order valence-corrected chi connectivity index (χ0v) is 9.47. The first kappa shape index (κ1) is 11.1. The van der Waals surface area contributed by atoms with Crippen molar-refractivity contribution in [2.75, 3.05) is 0 Å². The Morgan fingerprint density at radius 2 is 2.07 bits per heavy atom. The van der Waals surface area contributed by atoms with Gasteiger partial charge in [0.2, 0.25) is 0 Å². The first-order chi connectivity index (χ1) is 6.50. The molecule has 0 heterocycles. The quantitative estimate of drug-likeness (QED) is 0.600. The molecule has 0 fully saturated rings. The zero-order valence-electron chi connectivity index (χ0n) is 8.57. The third kappa shape index (κ3) is 2.77. The van der Waals surface area contributed by atoms with Gasteiger partial charge in [-0.3, -0.25) is 0 Å². The lowest BCUT2D eigenvalue weighted by atomic mass is 10.1. The molecule has 2 nitrogen and oxygen atoms in total. The van der Waals surface area contributed by atoms with Gasteiger partial charge in [0.1, 0.15) is 0 Å².